The maximum Gasteiger partial charge on any atom is 0.225 e. The molecule has 1 heterocycles. The number of hydrogen-bond donors (Lipinski definition) is 1. The number of ether oxygens (including phenoxy) is 1. The van der Waals surface area contributed by atoms with Gasteiger partial charge in [-0.1, -0.05) is 6.42 Å². The van der Waals surface area contributed by atoms with Crippen molar-refractivity contribution in [2.75, 3.05) is 26.8 Å². The summed E-state index contributed by atoms with van der Waals surface area (Å²) in [4.78, 5) is 14.3. The largest absolute Gasteiger partial charge is 0.379 e. The molecule has 0 spiro atoms. The summed E-state index contributed by atoms with van der Waals surface area (Å²) in [7, 11) is 1.92. The van der Waals surface area contributed by atoms with Gasteiger partial charge in [-0.25, -0.2) is 0 Å². The highest BCUT2D eigenvalue weighted by molar-refractivity contribution is 5.79. The molecule has 2 N–H and O–H groups in total. The van der Waals surface area contributed by atoms with Crippen molar-refractivity contribution >= 4 is 5.91 Å². The highest BCUT2D eigenvalue weighted by atomic mass is 16.5. The second-order valence-corrected chi connectivity index (χ2v) is 5.43. The molecule has 1 aliphatic carbocycles. The fourth-order valence-electron chi connectivity index (χ4n) is 3.02. The second kappa shape index (κ2) is 5.83. The minimum absolute atomic E-state index is 0.197. The first-order valence-corrected chi connectivity index (χ1v) is 6.77. The van der Waals surface area contributed by atoms with Crippen LogP contribution in [-0.4, -0.2) is 43.7 Å². The molecule has 0 radical (unpaired) electrons. The monoisotopic (exact) mass is 240 g/mol. The summed E-state index contributed by atoms with van der Waals surface area (Å²) >= 11 is 0. The molecule has 2 fully saturated rings. The van der Waals surface area contributed by atoms with Crippen LogP contribution in [0, 0.1) is 11.8 Å². The number of nitrogens with zero attached hydrogens (tertiary/aromatic N) is 1. The summed E-state index contributed by atoms with van der Waals surface area (Å²) in [6.07, 6.45) is 5.33. The van der Waals surface area contributed by atoms with Gasteiger partial charge in [0.1, 0.15) is 0 Å². The van der Waals surface area contributed by atoms with Gasteiger partial charge in [-0.2, -0.15) is 0 Å². The summed E-state index contributed by atoms with van der Waals surface area (Å²) in [5, 5.41) is 0. The second-order valence-electron chi connectivity index (χ2n) is 5.43. The van der Waals surface area contributed by atoms with Crippen LogP contribution in [0.1, 0.15) is 32.1 Å². The Hall–Kier alpha value is -0.610. The van der Waals surface area contributed by atoms with Gasteiger partial charge < -0.3 is 15.4 Å². The predicted molar refractivity (Wildman–Crippen MR) is 66.5 cm³/mol. The maximum atomic E-state index is 12.4. The highest BCUT2D eigenvalue weighted by Crippen LogP contribution is 2.30. The van der Waals surface area contributed by atoms with Crippen LogP contribution in [0.25, 0.3) is 0 Å². The molecule has 3 atom stereocenters. The average Bonchev–Trinajstić information content (AvgIpc) is 2.91. The van der Waals surface area contributed by atoms with E-state index < -0.39 is 0 Å². The molecule has 0 aromatic carbocycles. The van der Waals surface area contributed by atoms with E-state index in [-0.39, 0.29) is 5.92 Å². The minimum Gasteiger partial charge on any atom is -0.379 e. The van der Waals surface area contributed by atoms with Gasteiger partial charge in [-0.15, -0.1) is 0 Å². The van der Waals surface area contributed by atoms with Gasteiger partial charge in [0.05, 0.1) is 12.6 Å². The lowest BCUT2D eigenvalue weighted by molar-refractivity contribution is -0.137. The van der Waals surface area contributed by atoms with Gasteiger partial charge in [0.25, 0.3) is 0 Å². The molecule has 1 saturated carbocycles. The average molecular weight is 240 g/mol. The molecule has 1 aliphatic heterocycles. The van der Waals surface area contributed by atoms with E-state index in [1.54, 1.807) is 0 Å². The van der Waals surface area contributed by atoms with E-state index in [2.05, 4.69) is 0 Å². The molecule has 17 heavy (non-hydrogen) atoms. The van der Waals surface area contributed by atoms with Gasteiger partial charge >= 0.3 is 0 Å². The van der Waals surface area contributed by atoms with E-state index in [0.717, 1.165) is 38.8 Å². The molecular weight excluding hydrogens is 216 g/mol. The van der Waals surface area contributed by atoms with Crippen LogP contribution in [0.5, 0.6) is 0 Å². The quantitative estimate of drug-likeness (QED) is 0.800. The number of hydrogen-bond acceptors (Lipinski definition) is 3. The van der Waals surface area contributed by atoms with E-state index in [4.69, 9.17) is 10.5 Å². The lowest BCUT2D eigenvalue weighted by atomic mass is 9.80. The molecule has 98 valence electrons. The van der Waals surface area contributed by atoms with Crippen molar-refractivity contribution < 1.29 is 9.53 Å². The molecule has 2 rings (SSSR count). The topological polar surface area (TPSA) is 55.6 Å². The summed E-state index contributed by atoms with van der Waals surface area (Å²) in [5.41, 5.74) is 5.72. The van der Waals surface area contributed by atoms with Crippen LogP contribution in [0.2, 0.25) is 0 Å². The third-order valence-corrected chi connectivity index (χ3v) is 4.27. The van der Waals surface area contributed by atoms with Crippen molar-refractivity contribution in [1.29, 1.82) is 0 Å². The molecule has 4 heteroatoms. The van der Waals surface area contributed by atoms with Gasteiger partial charge in [-0.3, -0.25) is 4.79 Å². The van der Waals surface area contributed by atoms with E-state index in [1.165, 1.54) is 6.42 Å². The van der Waals surface area contributed by atoms with Crippen molar-refractivity contribution in [2.24, 2.45) is 17.6 Å². The van der Waals surface area contributed by atoms with Crippen LogP contribution in [0.4, 0.5) is 0 Å². The lowest BCUT2D eigenvalue weighted by Crippen LogP contribution is -2.42. The molecule has 1 amide bonds. The third kappa shape index (κ3) is 2.99. The molecule has 4 nitrogen and oxygen atoms in total. The number of rotatable bonds is 3. The number of carbonyl (C=O) groups excluding carboxylic acids is 1. The SMILES string of the molecule is CN(C(=O)C1CCCC(CN)C1)C1CCOC1. The summed E-state index contributed by atoms with van der Waals surface area (Å²) in [6.45, 7) is 2.22. The number of amides is 1. The van der Waals surface area contributed by atoms with E-state index >= 15 is 0 Å². The van der Waals surface area contributed by atoms with Crippen molar-refractivity contribution in [3.8, 4) is 0 Å². The van der Waals surface area contributed by atoms with Crippen LogP contribution in [0.15, 0.2) is 0 Å². The van der Waals surface area contributed by atoms with Crippen LogP contribution < -0.4 is 5.73 Å². The molecule has 0 aromatic rings. The van der Waals surface area contributed by atoms with E-state index in [9.17, 15) is 4.79 Å². The van der Waals surface area contributed by atoms with Crippen LogP contribution in [-0.2, 0) is 9.53 Å². The Morgan fingerprint density at radius 1 is 1.41 bits per heavy atom. The number of carbonyl (C=O) groups is 1. The van der Waals surface area contributed by atoms with Crippen molar-refractivity contribution in [2.45, 2.75) is 38.1 Å². The Morgan fingerprint density at radius 2 is 2.24 bits per heavy atom. The first-order chi connectivity index (χ1) is 8.22. The van der Waals surface area contributed by atoms with Crippen LogP contribution >= 0.6 is 0 Å². The first-order valence-electron chi connectivity index (χ1n) is 6.77. The Labute approximate surface area is 103 Å². The van der Waals surface area contributed by atoms with Crippen molar-refractivity contribution in [1.82, 2.24) is 4.90 Å². The molecular formula is C13H24N2O2. The fourth-order valence-corrected chi connectivity index (χ4v) is 3.02. The van der Waals surface area contributed by atoms with E-state index in [1.807, 2.05) is 11.9 Å². The Bertz CT molecular complexity index is 264. The first kappa shape index (κ1) is 12.8. The summed E-state index contributed by atoms with van der Waals surface area (Å²) in [5.74, 6) is 1.05. The highest BCUT2D eigenvalue weighted by Gasteiger charge is 2.32. The molecule has 0 aromatic heterocycles. The smallest absolute Gasteiger partial charge is 0.225 e. The maximum absolute atomic E-state index is 12.4. The van der Waals surface area contributed by atoms with Crippen LogP contribution in [0.3, 0.4) is 0 Å². The predicted octanol–water partition coefficient (Wildman–Crippen LogP) is 0.999. The zero-order valence-corrected chi connectivity index (χ0v) is 10.7. The number of nitrogens with two attached hydrogens (primary N) is 1. The van der Waals surface area contributed by atoms with Gasteiger partial charge in [0.2, 0.25) is 5.91 Å². The summed E-state index contributed by atoms with van der Waals surface area (Å²) < 4.78 is 5.34. The zero-order chi connectivity index (χ0) is 12.3. The standard InChI is InChI=1S/C13H24N2O2/c1-15(12-5-6-17-9-12)13(16)11-4-2-3-10(7-11)8-14/h10-12H,2-9,14H2,1H3. The van der Waals surface area contributed by atoms with Gasteiger partial charge in [0, 0.05) is 19.6 Å². The Kier molecular flexibility index (Phi) is 4.40. The van der Waals surface area contributed by atoms with Crippen molar-refractivity contribution in [3.63, 3.8) is 0 Å². The Balaban J connectivity index is 1.89. The summed E-state index contributed by atoms with van der Waals surface area (Å²) in [6, 6.07) is 0.292. The van der Waals surface area contributed by atoms with Gasteiger partial charge in [-0.05, 0) is 38.1 Å². The van der Waals surface area contributed by atoms with Crippen molar-refractivity contribution in [3.05, 3.63) is 0 Å². The van der Waals surface area contributed by atoms with E-state index in [0.29, 0.717) is 24.5 Å². The van der Waals surface area contributed by atoms with Gasteiger partial charge in [0.15, 0.2) is 0 Å². The molecule has 0 bridgehead atoms. The fraction of sp³-hybridized carbons (Fsp3) is 0.923. The minimum atomic E-state index is 0.197. The zero-order valence-electron chi connectivity index (χ0n) is 10.7. The molecule has 2 aliphatic rings. The molecule has 3 unspecified atom stereocenters. The third-order valence-electron chi connectivity index (χ3n) is 4.27. The normalized spacial score (nSPS) is 33.6. The lowest BCUT2D eigenvalue weighted by Gasteiger charge is -2.32. The number of likely N-dealkylation sites (N-methyl/N-ethyl adjacent to an activating group) is 1. The Morgan fingerprint density at radius 3 is 2.88 bits per heavy atom. The molecule has 1 saturated heterocycles.